The van der Waals surface area contributed by atoms with Gasteiger partial charge in [-0.3, -0.25) is 9.59 Å². The molecule has 1 aromatic carbocycles. The molecule has 0 saturated carbocycles. The summed E-state index contributed by atoms with van der Waals surface area (Å²) in [5.74, 6) is -2.94. The van der Waals surface area contributed by atoms with Crippen molar-refractivity contribution in [2.75, 3.05) is 26.2 Å². The fourth-order valence-electron chi connectivity index (χ4n) is 3.39. The predicted octanol–water partition coefficient (Wildman–Crippen LogP) is 2.63. The minimum Gasteiger partial charge on any atom is -0.351 e. The minimum absolute atomic E-state index is 0.0924. The van der Waals surface area contributed by atoms with Crippen molar-refractivity contribution in [3.05, 3.63) is 41.8 Å². The Hall–Kier alpha value is -2.95. The maximum atomic E-state index is 12.9. The van der Waals surface area contributed by atoms with E-state index in [1.54, 1.807) is 47.1 Å². The number of thioether (sulfide) groups is 1. The van der Waals surface area contributed by atoms with Gasteiger partial charge in [0.1, 0.15) is 6.54 Å². The Morgan fingerprint density at radius 2 is 1.87 bits per heavy atom. The molecule has 2 amide bonds. The van der Waals surface area contributed by atoms with Crippen molar-refractivity contribution < 1.29 is 22.9 Å². The molecule has 1 fully saturated rings. The van der Waals surface area contributed by atoms with E-state index in [9.17, 15) is 18.4 Å². The minimum atomic E-state index is -2.63. The third-order valence-corrected chi connectivity index (χ3v) is 5.57. The van der Waals surface area contributed by atoms with Gasteiger partial charge < -0.3 is 18.9 Å². The Bertz CT molecular complexity index is 1080. The van der Waals surface area contributed by atoms with E-state index in [-0.39, 0.29) is 29.3 Å². The number of rotatable bonds is 5. The SMILES string of the molecule is Cc1cc(C(=O)N2CCN(C(=O)Cn3c(SC(F)F)nc4ccccc43)CC2)on1. The molecule has 0 atom stereocenters. The molecular weight excluding hydrogens is 416 g/mol. The highest BCUT2D eigenvalue weighted by Crippen LogP contribution is 2.28. The molecule has 11 heteroatoms. The summed E-state index contributed by atoms with van der Waals surface area (Å²) in [4.78, 5) is 32.7. The lowest BCUT2D eigenvalue weighted by Crippen LogP contribution is -2.51. The Kier molecular flexibility index (Phi) is 5.71. The van der Waals surface area contributed by atoms with Gasteiger partial charge in [-0.2, -0.15) is 8.78 Å². The van der Waals surface area contributed by atoms with E-state index in [2.05, 4.69) is 10.1 Å². The second-order valence-electron chi connectivity index (χ2n) is 6.85. The smallest absolute Gasteiger partial charge is 0.292 e. The van der Waals surface area contributed by atoms with E-state index in [0.717, 1.165) is 0 Å². The van der Waals surface area contributed by atoms with Gasteiger partial charge in [0.2, 0.25) is 11.7 Å². The summed E-state index contributed by atoms with van der Waals surface area (Å²) in [6.07, 6.45) is 0. The molecule has 0 bridgehead atoms. The van der Waals surface area contributed by atoms with E-state index < -0.39 is 5.76 Å². The molecule has 8 nitrogen and oxygen atoms in total. The van der Waals surface area contributed by atoms with Crippen LogP contribution in [0, 0.1) is 6.92 Å². The second-order valence-corrected chi connectivity index (χ2v) is 7.81. The van der Waals surface area contributed by atoms with Crippen LogP contribution in [-0.2, 0) is 11.3 Å². The highest BCUT2D eigenvalue weighted by Gasteiger charge is 2.28. The molecule has 4 rings (SSSR count). The number of para-hydroxylation sites is 2. The normalized spacial score (nSPS) is 14.7. The van der Waals surface area contributed by atoms with Crippen molar-refractivity contribution >= 4 is 34.6 Å². The molecule has 158 valence electrons. The Morgan fingerprint density at radius 3 is 2.53 bits per heavy atom. The van der Waals surface area contributed by atoms with Gasteiger partial charge in [0, 0.05) is 32.2 Å². The number of carbonyl (C=O) groups excluding carboxylic acids is 2. The number of hydrogen-bond donors (Lipinski definition) is 0. The zero-order valence-electron chi connectivity index (χ0n) is 16.1. The number of imidazole rings is 1. The number of aryl methyl sites for hydroxylation is 1. The summed E-state index contributed by atoms with van der Waals surface area (Å²) >= 11 is 0.322. The molecule has 0 radical (unpaired) electrons. The largest absolute Gasteiger partial charge is 0.351 e. The maximum Gasteiger partial charge on any atom is 0.292 e. The molecule has 3 aromatic rings. The maximum absolute atomic E-state index is 12.9. The number of aromatic nitrogens is 3. The van der Waals surface area contributed by atoms with Crippen LogP contribution >= 0.6 is 11.8 Å². The van der Waals surface area contributed by atoms with Gasteiger partial charge in [-0.05, 0) is 30.8 Å². The van der Waals surface area contributed by atoms with Gasteiger partial charge in [0.05, 0.1) is 16.7 Å². The van der Waals surface area contributed by atoms with Gasteiger partial charge in [-0.25, -0.2) is 4.98 Å². The molecule has 0 spiro atoms. The average molecular weight is 435 g/mol. The molecule has 0 unspecified atom stereocenters. The highest BCUT2D eigenvalue weighted by molar-refractivity contribution is 7.99. The quantitative estimate of drug-likeness (QED) is 0.573. The third-order valence-electron chi connectivity index (χ3n) is 4.87. The van der Waals surface area contributed by atoms with Crippen LogP contribution in [0.1, 0.15) is 16.2 Å². The van der Waals surface area contributed by atoms with Crippen LogP contribution in [0.2, 0.25) is 0 Å². The van der Waals surface area contributed by atoms with Crippen LogP contribution in [-0.4, -0.2) is 68.3 Å². The summed E-state index contributed by atoms with van der Waals surface area (Å²) in [7, 11) is 0. The summed E-state index contributed by atoms with van der Waals surface area (Å²) in [5.41, 5.74) is 1.81. The van der Waals surface area contributed by atoms with E-state index in [0.29, 0.717) is 54.7 Å². The number of fused-ring (bicyclic) bond motifs is 1. The van der Waals surface area contributed by atoms with Crippen molar-refractivity contribution in [3.63, 3.8) is 0 Å². The molecule has 0 N–H and O–H groups in total. The van der Waals surface area contributed by atoms with Crippen molar-refractivity contribution in [3.8, 4) is 0 Å². The Morgan fingerprint density at radius 1 is 1.17 bits per heavy atom. The number of amides is 2. The average Bonchev–Trinajstić information content (AvgIpc) is 3.31. The summed E-state index contributed by atoms with van der Waals surface area (Å²) in [5, 5.41) is 3.83. The van der Waals surface area contributed by atoms with Crippen molar-refractivity contribution in [2.45, 2.75) is 24.4 Å². The number of alkyl halides is 2. The summed E-state index contributed by atoms with van der Waals surface area (Å²) < 4.78 is 32.4. The van der Waals surface area contributed by atoms with Gasteiger partial charge >= 0.3 is 0 Å². The highest BCUT2D eigenvalue weighted by atomic mass is 32.2. The Labute approximate surface area is 174 Å². The lowest BCUT2D eigenvalue weighted by atomic mass is 10.2. The van der Waals surface area contributed by atoms with Crippen LogP contribution in [0.5, 0.6) is 0 Å². The zero-order chi connectivity index (χ0) is 21.3. The monoisotopic (exact) mass is 435 g/mol. The van der Waals surface area contributed by atoms with Gasteiger partial charge in [0.15, 0.2) is 5.16 Å². The zero-order valence-corrected chi connectivity index (χ0v) is 16.9. The van der Waals surface area contributed by atoms with Crippen LogP contribution in [0.15, 0.2) is 40.0 Å². The topological polar surface area (TPSA) is 84.5 Å². The fourth-order valence-corrected chi connectivity index (χ4v) is 3.99. The first kappa shape index (κ1) is 20.3. The lowest BCUT2D eigenvalue weighted by Gasteiger charge is -2.34. The van der Waals surface area contributed by atoms with Crippen molar-refractivity contribution in [2.24, 2.45) is 0 Å². The van der Waals surface area contributed by atoms with E-state index in [1.165, 1.54) is 4.57 Å². The molecule has 0 aliphatic carbocycles. The Balaban J connectivity index is 1.43. The molecular formula is C19H19F2N5O3S. The standard InChI is InChI=1S/C19H19F2N5O3S/c1-12-10-15(29-23-12)17(28)25-8-6-24(7-9-25)16(27)11-26-14-5-3-2-4-13(14)22-19(26)30-18(20)21/h2-5,10,18H,6-9,11H2,1H3. The fraction of sp³-hybridized carbons (Fsp3) is 0.368. The van der Waals surface area contributed by atoms with Crippen LogP contribution < -0.4 is 0 Å². The first-order valence-corrected chi connectivity index (χ1v) is 10.2. The van der Waals surface area contributed by atoms with Gasteiger partial charge in [0.25, 0.3) is 11.7 Å². The number of carbonyl (C=O) groups is 2. The lowest BCUT2D eigenvalue weighted by molar-refractivity contribution is -0.133. The summed E-state index contributed by atoms with van der Waals surface area (Å²) in [6.45, 7) is 3.05. The number of nitrogens with zero attached hydrogens (tertiary/aromatic N) is 5. The third kappa shape index (κ3) is 4.16. The molecule has 1 saturated heterocycles. The van der Waals surface area contributed by atoms with E-state index >= 15 is 0 Å². The van der Waals surface area contributed by atoms with Crippen molar-refractivity contribution in [1.29, 1.82) is 0 Å². The van der Waals surface area contributed by atoms with Crippen molar-refractivity contribution in [1.82, 2.24) is 24.5 Å². The number of halogens is 2. The molecule has 1 aliphatic heterocycles. The summed E-state index contributed by atoms with van der Waals surface area (Å²) in [6, 6.07) is 8.59. The van der Waals surface area contributed by atoms with Crippen LogP contribution in [0.25, 0.3) is 11.0 Å². The second kappa shape index (κ2) is 8.42. The molecule has 2 aromatic heterocycles. The molecule has 1 aliphatic rings. The number of piperazine rings is 1. The first-order chi connectivity index (χ1) is 14.4. The van der Waals surface area contributed by atoms with E-state index in [4.69, 9.17) is 4.52 Å². The van der Waals surface area contributed by atoms with Crippen LogP contribution in [0.4, 0.5) is 8.78 Å². The van der Waals surface area contributed by atoms with Gasteiger partial charge in [-0.15, -0.1) is 0 Å². The first-order valence-electron chi connectivity index (χ1n) is 9.33. The number of benzene rings is 1. The predicted molar refractivity (Wildman–Crippen MR) is 105 cm³/mol. The molecule has 30 heavy (non-hydrogen) atoms. The van der Waals surface area contributed by atoms with Crippen LogP contribution in [0.3, 0.4) is 0 Å². The number of hydrogen-bond acceptors (Lipinski definition) is 6. The molecule has 3 heterocycles. The van der Waals surface area contributed by atoms with E-state index in [1.807, 2.05) is 0 Å². The van der Waals surface area contributed by atoms with Gasteiger partial charge in [-0.1, -0.05) is 17.3 Å².